The molecule has 18 nitrogen and oxygen atoms in total. The third-order valence-electron chi connectivity index (χ3n) is 25.8. The van der Waals surface area contributed by atoms with Crippen LogP contribution in [0.5, 0.6) is 0 Å². The number of hydrogen-bond donors (Lipinski definition) is 3. The molecule has 12 heterocycles. The van der Waals surface area contributed by atoms with Crippen molar-refractivity contribution in [2.45, 2.75) is 135 Å². The molecule has 3 N–H and O–H groups in total. The Balaban J connectivity index is 0.000000135. The lowest BCUT2D eigenvalue weighted by atomic mass is 10.1. The van der Waals surface area contributed by atoms with Crippen LogP contribution in [0.25, 0.3) is 48.8 Å². The Bertz CT molecular complexity index is 6650. The smallest absolute Gasteiger partial charge is 0.286 e. The standard InChI is InChI=1S/C35H33Cl2F2N5OS.C34H31Cl2F2N5OS.C33H31Cl2F2N5OS/c1-23-5-7-24(8-6-23)9-11-26-12-14-30(46-26)32-27(20-42-18-15-34(22-42)21-35(34,38)39)31(33(45)41-43-16-3-2-4-17-43)40-44(32)29-13-10-25(36)19-28(29)37;1-21-5-7-22(8-6-21)9-11-24-12-14-30(45-24)32-25(18-41-19-26-27(20-41)34(26,37)38)31(33(44)40-42-15-3-2-4-16-42)39-43(32)29-13-10-23(35)17-28(29)36;1-22-5-7-23(8-6-22)9-11-25-12-14-29(44-25)31-26(20-40-18-15-33(36,37)21-40)30(32(43)39-41-16-3-2-4-17-41)38-42(31)28-13-10-24(34)19-27(28)35/h5-8,10,12-14,19H,2-4,15-18,20-22H2,1H3,(H,41,45);5-8,10,12-14,17,26-27H,2-4,15-16,18-20H2,1H3,(H,40,44);5-8,10,12-14,19H,2-4,15-18,20-21H2,1H3,(H,39,43). The van der Waals surface area contributed by atoms with E-state index in [9.17, 15) is 40.7 Å². The van der Waals surface area contributed by atoms with Crippen molar-refractivity contribution in [3.05, 3.63) is 276 Å². The van der Waals surface area contributed by atoms with Crippen LogP contribution in [0.4, 0.5) is 26.3 Å². The quantitative estimate of drug-likeness (QED) is 0.0552. The highest BCUT2D eigenvalue weighted by atomic mass is 35.5. The average Bonchev–Trinajstić information content (AvgIpc) is 1.54. The summed E-state index contributed by atoms with van der Waals surface area (Å²) >= 11 is 43.3. The monoisotopic (exact) mass is 2000 g/mol. The summed E-state index contributed by atoms with van der Waals surface area (Å²) in [6.07, 6.45) is 9.45. The van der Waals surface area contributed by atoms with Gasteiger partial charge in [-0.1, -0.05) is 177 Å². The predicted octanol–water partition coefficient (Wildman–Crippen LogP) is 23.0. The zero-order chi connectivity index (χ0) is 94.2. The lowest BCUT2D eigenvalue weighted by molar-refractivity contribution is 0.0114. The Morgan fingerprint density at radius 3 is 0.993 bits per heavy atom. The second kappa shape index (κ2) is 40.7. The summed E-state index contributed by atoms with van der Waals surface area (Å²) in [5, 5.41) is 22.8. The molecule has 6 aromatic carbocycles. The van der Waals surface area contributed by atoms with Crippen LogP contribution in [0.2, 0.25) is 30.1 Å². The summed E-state index contributed by atoms with van der Waals surface area (Å²) in [7, 11) is 0. The molecule has 698 valence electrons. The van der Waals surface area contributed by atoms with Crippen molar-refractivity contribution < 1.29 is 40.7 Å². The van der Waals surface area contributed by atoms with Gasteiger partial charge in [-0.15, -0.1) is 34.0 Å². The van der Waals surface area contributed by atoms with Crippen LogP contribution in [0.15, 0.2) is 164 Å². The van der Waals surface area contributed by atoms with E-state index >= 15 is 0 Å². The third-order valence-corrected chi connectivity index (χ3v) is 30.5. The number of hydrogen-bond acceptors (Lipinski definition) is 15. The summed E-state index contributed by atoms with van der Waals surface area (Å²) in [6, 6.07) is 51.1. The molecular formula is C102H95Cl6F6N15O3S3. The zero-order valence-electron chi connectivity index (χ0n) is 74.2. The maximum absolute atomic E-state index is 14.4. The molecule has 12 aromatic rings. The first kappa shape index (κ1) is 95.5. The normalized spacial score (nSPS) is 19.6. The van der Waals surface area contributed by atoms with Crippen LogP contribution in [0.3, 0.4) is 0 Å². The van der Waals surface area contributed by atoms with Crippen LogP contribution in [0, 0.1) is 73.5 Å². The largest absolute Gasteiger partial charge is 0.298 e. The van der Waals surface area contributed by atoms with Crippen molar-refractivity contribution >= 4 is 121 Å². The number of aromatic nitrogens is 6. The van der Waals surface area contributed by atoms with E-state index in [1.54, 1.807) is 73.5 Å². The molecule has 0 bridgehead atoms. The van der Waals surface area contributed by atoms with Crippen LogP contribution >= 0.6 is 104 Å². The number of alkyl halides is 6. The Morgan fingerprint density at radius 1 is 0.385 bits per heavy atom. The minimum Gasteiger partial charge on any atom is -0.298 e. The molecule has 33 heteroatoms. The molecule has 0 radical (unpaired) electrons. The number of nitrogens with zero attached hydrogens (tertiary/aromatic N) is 12. The second-order valence-electron chi connectivity index (χ2n) is 35.9. The number of fused-ring (bicyclic) bond motifs is 1. The summed E-state index contributed by atoms with van der Waals surface area (Å²) in [6.45, 7) is 12.5. The molecule has 20 rings (SSSR count). The van der Waals surface area contributed by atoms with Crippen molar-refractivity contribution in [3.8, 4) is 84.3 Å². The highest BCUT2D eigenvalue weighted by Gasteiger charge is 2.73. The van der Waals surface area contributed by atoms with Gasteiger partial charge in [0.25, 0.3) is 35.5 Å². The molecule has 3 atom stereocenters. The van der Waals surface area contributed by atoms with Crippen molar-refractivity contribution in [2.24, 2.45) is 17.3 Å². The Hall–Kier alpha value is -9.78. The molecule has 6 saturated heterocycles. The number of piperidine rings is 4. The number of likely N-dealkylation sites (tertiary alicyclic amines) is 3. The fraction of sp³-hybridized carbons (Fsp3) is 0.353. The minimum absolute atomic E-state index is 0.0841. The van der Waals surface area contributed by atoms with Gasteiger partial charge in [-0.05, 0) is 200 Å². The Morgan fingerprint density at radius 2 is 0.696 bits per heavy atom. The van der Waals surface area contributed by atoms with Gasteiger partial charge in [-0.2, -0.15) is 15.3 Å². The number of benzene rings is 6. The van der Waals surface area contributed by atoms with E-state index in [1.807, 2.05) is 155 Å². The summed E-state index contributed by atoms with van der Waals surface area (Å²) < 4.78 is 90.7. The molecule has 8 aliphatic rings. The number of halogens is 12. The summed E-state index contributed by atoms with van der Waals surface area (Å²) in [5.74, 6) is 9.08. The highest BCUT2D eigenvalue weighted by Crippen LogP contribution is 2.65. The van der Waals surface area contributed by atoms with Gasteiger partial charge in [0.05, 0.1) is 90.4 Å². The second-order valence-corrected chi connectivity index (χ2v) is 41.7. The number of carbonyl (C=O) groups excluding carboxylic acids is 3. The first-order valence-corrected chi connectivity index (χ1v) is 49.9. The van der Waals surface area contributed by atoms with E-state index in [0.29, 0.717) is 107 Å². The number of rotatable bonds is 18. The lowest BCUT2D eigenvalue weighted by Gasteiger charge is -2.26. The minimum atomic E-state index is -2.78. The molecule has 2 saturated carbocycles. The van der Waals surface area contributed by atoms with Gasteiger partial charge in [0.15, 0.2) is 17.1 Å². The Kier molecular flexibility index (Phi) is 28.8. The highest BCUT2D eigenvalue weighted by molar-refractivity contribution is 7.16. The Labute approximate surface area is 822 Å². The van der Waals surface area contributed by atoms with Gasteiger partial charge in [-0.3, -0.25) is 45.4 Å². The molecule has 2 aliphatic carbocycles. The molecule has 3 unspecified atom stereocenters. The maximum atomic E-state index is 14.4. The number of thiophene rings is 3. The van der Waals surface area contributed by atoms with Gasteiger partial charge in [0, 0.05) is 158 Å². The maximum Gasteiger partial charge on any atom is 0.286 e. The van der Waals surface area contributed by atoms with E-state index < -0.39 is 35.0 Å². The molecule has 6 aromatic heterocycles. The molecule has 8 fully saturated rings. The van der Waals surface area contributed by atoms with E-state index in [0.717, 1.165) is 149 Å². The van der Waals surface area contributed by atoms with Crippen LogP contribution in [0.1, 0.15) is 173 Å². The van der Waals surface area contributed by atoms with Crippen LogP contribution in [-0.4, -0.2) is 173 Å². The number of nitrogens with one attached hydrogen (secondary N) is 3. The van der Waals surface area contributed by atoms with Crippen molar-refractivity contribution in [1.82, 2.24) is 75.3 Å². The topological polar surface area (TPSA) is 160 Å². The molecule has 1 spiro atoms. The van der Waals surface area contributed by atoms with E-state index in [1.165, 1.54) is 45.1 Å². The van der Waals surface area contributed by atoms with Crippen molar-refractivity contribution in [2.75, 3.05) is 78.5 Å². The SMILES string of the molecule is Cc1ccc(C#Cc2ccc(-c3c(CN4CC5C(C4)C5(F)F)c(C(=O)NN4CCCCC4)nn3-c3ccc(Cl)cc3Cl)s2)cc1.Cc1ccc(C#Cc2ccc(-c3c(CN4CCC(F)(F)C4)c(C(=O)NN4CCCCC4)nn3-c3ccc(Cl)cc3Cl)s2)cc1.Cc1ccc(C#Cc2ccc(-c3c(CN4CCC5(C4)CC5(F)F)c(C(=O)NN4CCCCC4)nn3-c3ccc(Cl)cc3Cl)s2)cc1. The number of amides is 3. The number of aryl methyl sites for hydroxylation is 3. The van der Waals surface area contributed by atoms with Gasteiger partial charge in [-0.25, -0.2) is 55.4 Å². The summed E-state index contributed by atoms with van der Waals surface area (Å²) in [5.41, 5.74) is 20.6. The number of carbonyl (C=O) groups is 3. The van der Waals surface area contributed by atoms with Crippen molar-refractivity contribution in [1.29, 1.82) is 0 Å². The lowest BCUT2D eigenvalue weighted by Crippen LogP contribution is -2.45. The molecule has 6 aliphatic heterocycles. The van der Waals surface area contributed by atoms with Crippen LogP contribution in [-0.2, 0) is 19.6 Å². The van der Waals surface area contributed by atoms with Gasteiger partial charge in [0.2, 0.25) is 0 Å². The fourth-order valence-corrected chi connectivity index (χ4v) is 22.6. The third kappa shape index (κ3) is 22.0. The molecule has 135 heavy (non-hydrogen) atoms. The predicted molar refractivity (Wildman–Crippen MR) is 525 cm³/mol. The average molecular weight is 2000 g/mol. The number of hydrazine groups is 3. The van der Waals surface area contributed by atoms with Crippen LogP contribution < -0.4 is 16.3 Å². The molecule has 3 amide bonds. The van der Waals surface area contributed by atoms with E-state index in [2.05, 4.69) is 51.8 Å². The van der Waals surface area contributed by atoms with E-state index in [4.69, 9.17) is 84.9 Å². The van der Waals surface area contributed by atoms with Crippen molar-refractivity contribution in [3.63, 3.8) is 0 Å². The van der Waals surface area contributed by atoms with Gasteiger partial charge in [0.1, 0.15) is 0 Å². The van der Waals surface area contributed by atoms with Gasteiger partial charge >= 0.3 is 0 Å². The van der Waals surface area contributed by atoms with Gasteiger partial charge < -0.3 is 0 Å². The first-order chi connectivity index (χ1) is 64.9. The van der Waals surface area contributed by atoms with E-state index in [-0.39, 0.29) is 86.9 Å². The molecular weight excluding hydrogens is 1910 g/mol. The fourth-order valence-electron chi connectivity index (χ4n) is 18.4. The first-order valence-electron chi connectivity index (χ1n) is 45.2. The zero-order valence-corrected chi connectivity index (χ0v) is 81.2. The summed E-state index contributed by atoms with van der Waals surface area (Å²) in [4.78, 5) is 52.4.